The molecule has 0 spiro atoms. The maximum atomic E-state index is 11.9. The first kappa shape index (κ1) is 20.2. The van der Waals surface area contributed by atoms with Crippen LogP contribution in [0.25, 0.3) is 11.4 Å². The number of nitrogens with one attached hydrogen (secondary N) is 2. The normalized spacial score (nSPS) is 16.0. The van der Waals surface area contributed by atoms with Crippen LogP contribution in [0.15, 0.2) is 29.4 Å². The summed E-state index contributed by atoms with van der Waals surface area (Å²) in [7, 11) is 1.62. The van der Waals surface area contributed by atoms with E-state index in [0.29, 0.717) is 17.5 Å². The minimum atomic E-state index is -0.332. The number of ether oxygens (including phenoxy) is 2. The fraction of sp³-hybridized carbons (Fsp3) is 0.444. The summed E-state index contributed by atoms with van der Waals surface area (Å²) < 4.78 is 13.0. The predicted molar refractivity (Wildman–Crippen MR) is 104 cm³/mol. The topological polar surface area (TPSA) is 107 Å². The summed E-state index contributed by atoms with van der Waals surface area (Å²) in [4.78, 5) is 22.8. The highest BCUT2D eigenvalue weighted by Crippen LogP contribution is 2.27. The van der Waals surface area contributed by atoms with Gasteiger partial charge in [0.15, 0.2) is 11.0 Å². The van der Waals surface area contributed by atoms with Gasteiger partial charge in [0.25, 0.3) is 0 Å². The lowest BCUT2D eigenvalue weighted by molar-refractivity contribution is -0.126. The van der Waals surface area contributed by atoms with E-state index < -0.39 is 0 Å². The second-order valence-electron chi connectivity index (χ2n) is 6.30. The average Bonchev–Trinajstić information content (AvgIpc) is 3.35. The molecule has 1 atom stereocenters. The molecule has 0 radical (unpaired) electrons. The monoisotopic (exact) mass is 405 g/mol. The molecule has 1 aromatic carbocycles. The maximum absolute atomic E-state index is 11.9. The maximum Gasteiger partial charge on any atom is 0.248 e. The Kier molecular flexibility index (Phi) is 6.88. The van der Waals surface area contributed by atoms with Crippen molar-refractivity contribution in [1.29, 1.82) is 0 Å². The van der Waals surface area contributed by atoms with Crippen LogP contribution in [0.2, 0.25) is 0 Å². The van der Waals surface area contributed by atoms with Gasteiger partial charge in [0.05, 0.1) is 25.5 Å². The molecule has 150 valence electrons. The van der Waals surface area contributed by atoms with Crippen LogP contribution in [0.4, 0.5) is 0 Å². The Bertz CT molecular complexity index is 818. The first-order valence-electron chi connectivity index (χ1n) is 8.94. The number of methoxy groups -OCH3 is 1. The molecule has 0 aliphatic carbocycles. The number of carbonyl (C=O) groups excluding carboxylic acids is 2. The zero-order chi connectivity index (χ0) is 19.9. The summed E-state index contributed by atoms with van der Waals surface area (Å²) in [5, 5.41) is 9.22. The van der Waals surface area contributed by atoms with Gasteiger partial charge in [0.1, 0.15) is 5.75 Å². The third-order valence-electron chi connectivity index (χ3n) is 4.19. The van der Waals surface area contributed by atoms with E-state index in [1.165, 1.54) is 18.7 Å². The largest absolute Gasteiger partial charge is 0.497 e. The molecule has 1 aromatic heterocycles. The van der Waals surface area contributed by atoms with Crippen molar-refractivity contribution in [3.63, 3.8) is 0 Å². The number of hydrazine groups is 1. The standard InChI is InChI=1S/C18H23N5O4S/c1-12(24)19-20-16(25)11-28-18-22-21-17(13-5-7-14(26-2)8-6-13)23(18)10-15-4-3-9-27-15/h5-8,15H,3-4,9-11H2,1-2H3,(H,19,24)(H,20,25)/t15-/m1/s1. The van der Waals surface area contributed by atoms with Crippen LogP contribution in [0.3, 0.4) is 0 Å². The Morgan fingerprint density at radius 3 is 2.71 bits per heavy atom. The van der Waals surface area contributed by atoms with E-state index in [4.69, 9.17) is 9.47 Å². The summed E-state index contributed by atoms with van der Waals surface area (Å²) >= 11 is 1.26. The van der Waals surface area contributed by atoms with Crippen LogP contribution < -0.4 is 15.6 Å². The Morgan fingerprint density at radius 1 is 1.29 bits per heavy atom. The smallest absolute Gasteiger partial charge is 0.248 e. The van der Waals surface area contributed by atoms with Gasteiger partial charge in [0.2, 0.25) is 11.8 Å². The zero-order valence-electron chi connectivity index (χ0n) is 15.8. The van der Waals surface area contributed by atoms with E-state index in [9.17, 15) is 9.59 Å². The van der Waals surface area contributed by atoms with Crippen molar-refractivity contribution in [3.05, 3.63) is 24.3 Å². The van der Waals surface area contributed by atoms with Crippen LogP contribution in [0.5, 0.6) is 5.75 Å². The SMILES string of the molecule is COc1ccc(-c2nnc(SCC(=O)NNC(C)=O)n2C[C@H]2CCCO2)cc1. The molecule has 28 heavy (non-hydrogen) atoms. The first-order valence-corrected chi connectivity index (χ1v) is 9.93. The second kappa shape index (κ2) is 9.56. The Labute approximate surface area is 167 Å². The fourth-order valence-electron chi connectivity index (χ4n) is 2.83. The number of thioether (sulfide) groups is 1. The van der Waals surface area contributed by atoms with Gasteiger partial charge in [-0.1, -0.05) is 11.8 Å². The number of carbonyl (C=O) groups is 2. The van der Waals surface area contributed by atoms with E-state index in [1.54, 1.807) is 7.11 Å². The van der Waals surface area contributed by atoms with Crippen molar-refractivity contribution in [3.8, 4) is 17.1 Å². The number of hydrogen-bond acceptors (Lipinski definition) is 7. The van der Waals surface area contributed by atoms with Gasteiger partial charge in [-0.25, -0.2) is 0 Å². The van der Waals surface area contributed by atoms with E-state index in [2.05, 4.69) is 21.0 Å². The molecule has 1 saturated heterocycles. The molecule has 3 rings (SSSR count). The van der Waals surface area contributed by atoms with Gasteiger partial charge in [-0.2, -0.15) is 0 Å². The third-order valence-corrected chi connectivity index (χ3v) is 5.15. The summed E-state index contributed by atoms with van der Waals surface area (Å²) in [6, 6.07) is 7.59. The highest BCUT2D eigenvalue weighted by Gasteiger charge is 2.22. The lowest BCUT2D eigenvalue weighted by Gasteiger charge is -2.15. The zero-order valence-corrected chi connectivity index (χ0v) is 16.6. The molecular weight excluding hydrogens is 382 g/mol. The highest BCUT2D eigenvalue weighted by atomic mass is 32.2. The van der Waals surface area contributed by atoms with Gasteiger partial charge < -0.3 is 9.47 Å². The highest BCUT2D eigenvalue weighted by molar-refractivity contribution is 7.99. The molecule has 1 fully saturated rings. The number of aromatic nitrogens is 3. The lowest BCUT2D eigenvalue weighted by atomic mass is 10.2. The van der Waals surface area contributed by atoms with Gasteiger partial charge in [-0.15, -0.1) is 10.2 Å². The van der Waals surface area contributed by atoms with Gasteiger partial charge >= 0.3 is 0 Å². The van der Waals surface area contributed by atoms with E-state index >= 15 is 0 Å². The van der Waals surface area contributed by atoms with Crippen LogP contribution in [0.1, 0.15) is 19.8 Å². The minimum Gasteiger partial charge on any atom is -0.497 e. The summed E-state index contributed by atoms with van der Waals surface area (Å²) in [6.07, 6.45) is 2.11. The van der Waals surface area contributed by atoms with Crippen LogP contribution in [-0.2, 0) is 20.9 Å². The van der Waals surface area contributed by atoms with Crippen LogP contribution >= 0.6 is 11.8 Å². The average molecular weight is 405 g/mol. The predicted octanol–water partition coefficient (Wildman–Crippen LogP) is 1.39. The molecule has 0 bridgehead atoms. The lowest BCUT2D eigenvalue weighted by Crippen LogP contribution is -2.41. The summed E-state index contributed by atoms with van der Waals surface area (Å²) in [6.45, 7) is 2.70. The van der Waals surface area contributed by atoms with Gasteiger partial charge in [-0.05, 0) is 37.1 Å². The second-order valence-corrected chi connectivity index (χ2v) is 7.24. The van der Waals surface area contributed by atoms with Crippen LogP contribution in [-0.4, -0.2) is 52.2 Å². The van der Waals surface area contributed by atoms with Crippen molar-refractivity contribution in [2.75, 3.05) is 19.5 Å². The van der Waals surface area contributed by atoms with Gasteiger partial charge in [-0.3, -0.25) is 25.0 Å². The molecule has 0 saturated carbocycles. The molecular formula is C18H23N5O4S. The molecule has 1 aliphatic rings. The Morgan fingerprint density at radius 2 is 2.07 bits per heavy atom. The fourth-order valence-corrected chi connectivity index (χ4v) is 3.58. The number of amides is 2. The molecule has 1 aliphatic heterocycles. The van der Waals surface area contributed by atoms with Crippen molar-refractivity contribution in [2.45, 2.75) is 37.6 Å². The summed E-state index contributed by atoms with van der Waals surface area (Å²) in [5.41, 5.74) is 5.51. The number of hydrogen-bond donors (Lipinski definition) is 2. The van der Waals surface area contributed by atoms with Crippen molar-refractivity contribution < 1.29 is 19.1 Å². The number of rotatable bonds is 7. The molecule has 2 N–H and O–H groups in total. The van der Waals surface area contributed by atoms with E-state index in [1.807, 2.05) is 28.8 Å². The first-order chi connectivity index (χ1) is 13.6. The van der Waals surface area contributed by atoms with E-state index in [-0.39, 0.29) is 23.7 Å². The number of benzene rings is 1. The number of nitrogens with zero attached hydrogens (tertiary/aromatic N) is 3. The third kappa shape index (κ3) is 5.23. The molecule has 0 unspecified atom stereocenters. The van der Waals surface area contributed by atoms with Crippen molar-refractivity contribution in [1.82, 2.24) is 25.6 Å². The van der Waals surface area contributed by atoms with Crippen LogP contribution in [0, 0.1) is 0 Å². The molecule has 2 heterocycles. The molecule has 9 nitrogen and oxygen atoms in total. The molecule has 2 aromatic rings. The Hall–Kier alpha value is -2.59. The van der Waals surface area contributed by atoms with Crippen molar-refractivity contribution in [2.24, 2.45) is 0 Å². The quantitative estimate of drug-likeness (QED) is 0.529. The van der Waals surface area contributed by atoms with Crippen molar-refractivity contribution >= 4 is 23.6 Å². The summed E-state index contributed by atoms with van der Waals surface area (Å²) in [5.74, 6) is 0.924. The molecule has 2 amide bonds. The Balaban J connectivity index is 1.77. The molecule has 10 heteroatoms. The van der Waals surface area contributed by atoms with E-state index in [0.717, 1.165) is 30.8 Å². The minimum absolute atomic E-state index is 0.0977. The van der Waals surface area contributed by atoms with Gasteiger partial charge in [0, 0.05) is 19.1 Å².